The number of benzene rings is 2. The molecule has 2 aromatic carbocycles. The minimum atomic E-state index is -3.25. The van der Waals surface area contributed by atoms with Gasteiger partial charge in [-0.25, -0.2) is 9.18 Å². The number of alkyl halides is 2. The molecule has 1 aliphatic carbocycles. The van der Waals surface area contributed by atoms with Crippen LogP contribution in [0.5, 0.6) is 5.75 Å². The molecule has 0 atom stereocenters. The normalized spacial score (nSPS) is 13.4. The third kappa shape index (κ3) is 4.71. The summed E-state index contributed by atoms with van der Waals surface area (Å²) in [6.07, 6.45) is 1.61. The molecule has 3 amide bonds. The number of nitrogens with one attached hydrogen (secondary N) is 2. The van der Waals surface area contributed by atoms with Crippen molar-refractivity contribution in [3.8, 4) is 5.75 Å². The molecule has 0 spiro atoms. The first-order valence-corrected chi connectivity index (χ1v) is 8.38. The number of imide groups is 1. The molecule has 2 N–H and O–H groups in total. The van der Waals surface area contributed by atoms with Gasteiger partial charge in [0.25, 0.3) is 5.91 Å². The third-order valence-electron chi connectivity index (χ3n) is 3.92. The number of rotatable bonds is 5. The molecule has 3 rings (SSSR count). The minimum Gasteiger partial charge on any atom is -0.434 e. The van der Waals surface area contributed by atoms with Gasteiger partial charge in [0.15, 0.2) is 0 Å². The Kier molecular flexibility index (Phi) is 5.55. The molecule has 5 nitrogen and oxygen atoms in total. The van der Waals surface area contributed by atoms with Gasteiger partial charge >= 0.3 is 12.6 Å². The Hall–Kier alpha value is -2.74. The molecule has 0 heterocycles. The summed E-state index contributed by atoms with van der Waals surface area (Å²) in [5.74, 6) is -2.82. The molecule has 27 heavy (non-hydrogen) atoms. The van der Waals surface area contributed by atoms with Gasteiger partial charge in [-0.3, -0.25) is 10.1 Å². The van der Waals surface area contributed by atoms with E-state index in [0.717, 1.165) is 18.9 Å². The lowest BCUT2D eigenvalue weighted by Gasteiger charge is -2.14. The van der Waals surface area contributed by atoms with Crippen LogP contribution in [0.25, 0.3) is 0 Å². The second-order valence-corrected chi connectivity index (χ2v) is 6.32. The number of hydrogen-bond acceptors (Lipinski definition) is 3. The summed E-state index contributed by atoms with van der Waals surface area (Å²) in [6, 6.07) is 7.55. The Bertz CT molecular complexity index is 888. The van der Waals surface area contributed by atoms with Crippen molar-refractivity contribution >= 4 is 29.2 Å². The van der Waals surface area contributed by atoms with Gasteiger partial charge in [-0.2, -0.15) is 8.78 Å². The molecule has 0 bridgehead atoms. The molecule has 1 fully saturated rings. The molecule has 142 valence electrons. The number of anilines is 1. The molecule has 0 aliphatic heterocycles. The maximum Gasteiger partial charge on any atom is 0.387 e. The molecule has 2 aromatic rings. The zero-order valence-corrected chi connectivity index (χ0v) is 14.5. The highest BCUT2D eigenvalue weighted by molar-refractivity contribution is 6.33. The number of ether oxygens (including phenoxy) is 1. The predicted octanol–water partition coefficient (Wildman–Crippen LogP) is 4.92. The van der Waals surface area contributed by atoms with Gasteiger partial charge in [0.1, 0.15) is 17.1 Å². The Morgan fingerprint density at radius 2 is 1.89 bits per heavy atom. The van der Waals surface area contributed by atoms with Gasteiger partial charge in [0.2, 0.25) is 0 Å². The second-order valence-electron chi connectivity index (χ2n) is 5.92. The van der Waals surface area contributed by atoms with Crippen molar-refractivity contribution in [2.45, 2.75) is 25.4 Å². The molecule has 9 heteroatoms. The monoisotopic (exact) mass is 398 g/mol. The van der Waals surface area contributed by atoms with Crippen LogP contribution < -0.4 is 15.4 Å². The zero-order valence-electron chi connectivity index (χ0n) is 13.8. The Morgan fingerprint density at radius 3 is 2.52 bits per heavy atom. The molecule has 0 radical (unpaired) electrons. The molecule has 0 unspecified atom stereocenters. The van der Waals surface area contributed by atoms with Crippen LogP contribution in [0.4, 0.5) is 23.7 Å². The maximum absolute atomic E-state index is 14.4. The standard InChI is InChI=1S/C18H14ClF3N2O3/c19-11-3-1-2-4-13(11)23-18(26)24-16(25)15-12(20)7-10(9-5-6-9)8-14(15)27-17(21)22/h1-4,7-9,17H,5-6H2,(H2,23,24,25,26). The van der Waals surface area contributed by atoms with Gasteiger partial charge in [-0.05, 0) is 48.6 Å². The van der Waals surface area contributed by atoms with Crippen LogP contribution in [0, 0.1) is 5.82 Å². The van der Waals surface area contributed by atoms with E-state index in [1.807, 2.05) is 5.32 Å². The summed E-state index contributed by atoms with van der Waals surface area (Å²) in [5, 5.41) is 4.42. The lowest BCUT2D eigenvalue weighted by atomic mass is 10.1. The van der Waals surface area contributed by atoms with E-state index in [1.165, 1.54) is 18.2 Å². The van der Waals surface area contributed by atoms with E-state index in [2.05, 4.69) is 10.1 Å². The highest BCUT2D eigenvalue weighted by Gasteiger charge is 2.29. The summed E-state index contributed by atoms with van der Waals surface area (Å²) in [4.78, 5) is 24.2. The van der Waals surface area contributed by atoms with Crippen molar-refractivity contribution in [1.29, 1.82) is 0 Å². The van der Waals surface area contributed by atoms with Crippen molar-refractivity contribution in [2.75, 3.05) is 5.32 Å². The van der Waals surface area contributed by atoms with Gasteiger partial charge in [0.05, 0.1) is 10.7 Å². The number of amides is 3. The maximum atomic E-state index is 14.4. The highest BCUT2D eigenvalue weighted by atomic mass is 35.5. The van der Waals surface area contributed by atoms with Crippen molar-refractivity contribution in [3.63, 3.8) is 0 Å². The van der Waals surface area contributed by atoms with Gasteiger partial charge in [-0.1, -0.05) is 23.7 Å². The van der Waals surface area contributed by atoms with Gasteiger partial charge in [0, 0.05) is 0 Å². The van der Waals surface area contributed by atoms with Crippen LogP contribution in [0.2, 0.25) is 5.02 Å². The number of carbonyl (C=O) groups is 2. The van der Waals surface area contributed by atoms with Crippen molar-refractivity contribution in [2.24, 2.45) is 0 Å². The Balaban J connectivity index is 1.80. The topological polar surface area (TPSA) is 67.4 Å². The molecular formula is C18H14ClF3N2O3. The highest BCUT2D eigenvalue weighted by Crippen LogP contribution is 2.42. The van der Waals surface area contributed by atoms with E-state index in [4.69, 9.17) is 11.6 Å². The van der Waals surface area contributed by atoms with E-state index in [0.29, 0.717) is 5.56 Å². The van der Waals surface area contributed by atoms with Crippen LogP contribution in [-0.2, 0) is 0 Å². The van der Waals surface area contributed by atoms with Crippen LogP contribution in [0.1, 0.15) is 34.7 Å². The van der Waals surface area contributed by atoms with E-state index in [1.54, 1.807) is 12.1 Å². The fourth-order valence-electron chi connectivity index (χ4n) is 2.54. The summed E-state index contributed by atoms with van der Waals surface area (Å²) < 4.78 is 44.0. The van der Waals surface area contributed by atoms with E-state index in [9.17, 15) is 22.8 Å². The molecule has 1 aliphatic rings. The quantitative estimate of drug-likeness (QED) is 0.751. The fraction of sp³-hybridized carbons (Fsp3) is 0.222. The average Bonchev–Trinajstić information content (AvgIpc) is 3.40. The van der Waals surface area contributed by atoms with E-state index < -0.39 is 35.7 Å². The number of para-hydroxylation sites is 1. The fourth-order valence-corrected chi connectivity index (χ4v) is 2.73. The number of hydrogen-bond donors (Lipinski definition) is 2. The predicted molar refractivity (Wildman–Crippen MR) is 92.9 cm³/mol. The second kappa shape index (κ2) is 7.87. The number of urea groups is 1. The number of halogens is 4. The van der Waals surface area contributed by atoms with Gasteiger partial charge in [-0.15, -0.1) is 0 Å². The summed E-state index contributed by atoms with van der Waals surface area (Å²) >= 11 is 5.89. The van der Waals surface area contributed by atoms with Crippen LogP contribution in [0.3, 0.4) is 0 Å². The van der Waals surface area contributed by atoms with Crippen molar-refractivity contribution < 1.29 is 27.5 Å². The molecule has 0 saturated heterocycles. The minimum absolute atomic E-state index is 0.0557. The SMILES string of the molecule is O=C(NC(=O)c1c(F)cc(C2CC2)cc1OC(F)F)Nc1ccccc1Cl. The van der Waals surface area contributed by atoms with Crippen LogP contribution in [0.15, 0.2) is 36.4 Å². The molecule has 0 aromatic heterocycles. The summed E-state index contributed by atoms with van der Waals surface area (Å²) in [5.41, 5.74) is -0.0766. The van der Waals surface area contributed by atoms with E-state index >= 15 is 0 Å². The van der Waals surface area contributed by atoms with Gasteiger partial charge < -0.3 is 10.1 Å². The summed E-state index contributed by atoms with van der Waals surface area (Å²) in [6.45, 7) is -3.25. The lowest BCUT2D eigenvalue weighted by molar-refractivity contribution is -0.0503. The van der Waals surface area contributed by atoms with Crippen LogP contribution in [-0.4, -0.2) is 18.5 Å². The Labute approximate surface area is 157 Å². The first-order chi connectivity index (χ1) is 12.8. The lowest BCUT2D eigenvalue weighted by Crippen LogP contribution is -2.35. The first kappa shape index (κ1) is 19.0. The van der Waals surface area contributed by atoms with Crippen LogP contribution >= 0.6 is 11.6 Å². The average molecular weight is 399 g/mol. The number of carbonyl (C=O) groups excluding carboxylic acids is 2. The largest absolute Gasteiger partial charge is 0.434 e. The first-order valence-electron chi connectivity index (χ1n) is 8.00. The Morgan fingerprint density at radius 1 is 1.19 bits per heavy atom. The molecule has 1 saturated carbocycles. The van der Waals surface area contributed by atoms with E-state index in [-0.39, 0.29) is 16.6 Å². The summed E-state index contributed by atoms with van der Waals surface area (Å²) in [7, 11) is 0. The third-order valence-corrected chi connectivity index (χ3v) is 4.25. The zero-order chi connectivity index (χ0) is 19.6. The smallest absolute Gasteiger partial charge is 0.387 e. The molecular weight excluding hydrogens is 385 g/mol. The van der Waals surface area contributed by atoms with Crippen molar-refractivity contribution in [3.05, 3.63) is 58.4 Å². The van der Waals surface area contributed by atoms with Crippen molar-refractivity contribution in [1.82, 2.24) is 5.32 Å².